The van der Waals surface area contributed by atoms with Gasteiger partial charge in [-0.2, -0.15) is 0 Å². The van der Waals surface area contributed by atoms with Crippen LogP contribution in [-0.4, -0.2) is 22.0 Å². The van der Waals surface area contributed by atoms with E-state index in [2.05, 4.69) is 10.3 Å². The summed E-state index contributed by atoms with van der Waals surface area (Å²) in [6.45, 7) is 0.383. The summed E-state index contributed by atoms with van der Waals surface area (Å²) in [6.07, 6.45) is 2.23. The van der Waals surface area contributed by atoms with Crippen molar-refractivity contribution in [2.45, 2.75) is 6.42 Å². The van der Waals surface area contributed by atoms with Crippen molar-refractivity contribution in [1.29, 1.82) is 0 Å². The van der Waals surface area contributed by atoms with Gasteiger partial charge in [0.25, 0.3) is 5.91 Å². The zero-order chi connectivity index (χ0) is 18.6. The number of aromatic nitrogens is 2. The topological polar surface area (TPSA) is 46.9 Å². The van der Waals surface area contributed by atoms with Crippen LogP contribution in [0.4, 0.5) is 4.39 Å². The molecule has 4 aromatic rings. The average molecular weight is 359 g/mol. The maximum Gasteiger partial charge on any atom is 0.251 e. The summed E-state index contributed by atoms with van der Waals surface area (Å²) in [5.74, 6) is -0.419. The van der Waals surface area contributed by atoms with E-state index in [1.165, 1.54) is 6.07 Å². The van der Waals surface area contributed by atoms with Gasteiger partial charge in [0, 0.05) is 17.8 Å². The van der Waals surface area contributed by atoms with Crippen LogP contribution < -0.4 is 5.32 Å². The SMILES string of the molecule is O=C(NCCc1ccccc1F)c1ccc(-n2cnc3ccccc32)cc1. The second kappa shape index (κ2) is 7.41. The van der Waals surface area contributed by atoms with Crippen LogP contribution in [0.15, 0.2) is 79.1 Å². The molecular formula is C22H18FN3O. The van der Waals surface area contributed by atoms with Gasteiger partial charge in [-0.3, -0.25) is 9.36 Å². The molecule has 27 heavy (non-hydrogen) atoms. The Bertz CT molecular complexity index is 1090. The highest BCUT2D eigenvalue weighted by molar-refractivity contribution is 5.94. The number of imidazole rings is 1. The smallest absolute Gasteiger partial charge is 0.251 e. The number of halogens is 1. The molecule has 0 radical (unpaired) electrons. The van der Waals surface area contributed by atoms with Crippen molar-refractivity contribution in [2.24, 2.45) is 0 Å². The molecule has 0 aliphatic heterocycles. The van der Waals surface area contributed by atoms with Gasteiger partial charge in [0.05, 0.1) is 11.0 Å². The zero-order valence-electron chi connectivity index (χ0n) is 14.6. The van der Waals surface area contributed by atoms with Gasteiger partial charge < -0.3 is 5.32 Å². The maximum absolute atomic E-state index is 13.6. The lowest BCUT2D eigenvalue weighted by Gasteiger charge is -2.08. The Labute approximate surface area is 156 Å². The number of fused-ring (bicyclic) bond motifs is 1. The normalized spacial score (nSPS) is 10.9. The number of carbonyl (C=O) groups is 1. The van der Waals surface area contributed by atoms with Gasteiger partial charge in [-0.05, 0) is 54.4 Å². The largest absolute Gasteiger partial charge is 0.352 e. The third-order valence-corrected chi connectivity index (χ3v) is 4.50. The Morgan fingerprint density at radius 2 is 1.70 bits per heavy atom. The quantitative estimate of drug-likeness (QED) is 0.582. The summed E-state index contributed by atoms with van der Waals surface area (Å²) in [4.78, 5) is 16.7. The molecule has 1 amide bonds. The highest BCUT2D eigenvalue weighted by Crippen LogP contribution is 2.18. The number of benzene rings is 3. The molecule has 0 aliphatic rings. The highest BCUT2D eigenvalue weighted by Gasteiger charge is 2.08. The Kier molecular flexibility index (Phi) is 4.66. The van der Waals surface area contributed by atoms with Gasteiger partial charge in [-0.15, -0.1) is 0 Å². The molecule has 0 spiro atoms. The molecule has 0 saturated carbocycles. The predicted molar refractivity (Wildman–Crippen MR) is 104 cm³/mol. The second-order valence-corrected chi connectivity index (χ2v) is 6.25. The van der Waals surface area contributed by atoms with Crippen molar-refractivity contribution in [1.82, 2.24) is 14.9 Å². The number of para-hydroxylation sites is 2. The van der Waals surface area contributed by atoms with Crippen LogP contribution in [0.5, 0.6) is 0 Å². The van der Waals surface area contributed by atoms with Crippen molar-refractivity contribution in [2.75, 3.05) is 6.54 Å². The number of hydrogen-bond acceptors (Lipinski definition) is 2. The van der Waals surface area contributed by atoms with E-state index in [4.69, 9.17) is 0 Å². The number of hydrogen-bond donors (Lipinski definition) is 1. The Balaban J connectivity index is 1.43. The Morgan fingerprint density at radius 3 is 2.52 bits per heavy atom. The van der Waals surface area contributed by atoms with E-state index < -0.39 is 0 Å². The van der Waals surface area contributed by atoms with E-state index >= 15 is 0 Å². The van der Waals surface area contributed by atoms with Crippen molar-refractivity contribution < 1.29 is 9.18 Å². The van der Waals surface area contributed by atoms with Crippen molar-refractivity contribution in [3.8, 4) is 5.69 Å². The van der Waals surface area contributed by atoms with Crippen LogP contribution in [0.3, 0.4) is 0 Å². The van der Waals surface area contributed by atoms with E-state index in [1.54, 1.807) is 36.7 Å². The molecule has 5 heteroatoms. The summed E-state index contributed by atoms with van der Waals surface area (Å²) in [6, 6.07) is 21.8. The minimum absolute atomic E-state index is 0.173. The Hall–Kier alpha value is -3.47. The lowest BCUT2D eigenvalue weighted by atomic mass is 10.1. The third-order valence-electron chi connectivity index (χ3n) is 4.50. The molecule has 0 aliphatic carbocycles. The number of nitrogens with zero attached hydrogens (tertiary/aromatic N) is 2. The van der Waals surface area contributed by atoms with E-state index in [0.717, 1.165) is 16.7 Å². The van der Waals surface area contributed by atoms with Crippen LogP contribution >= 0.6 is 0 Å². The molecule has 1 heterocycles. The molecule has 3 aromatic carbocycles. The monoisotopic (exact) mass is 359 g/mol. The summed E-state index contributed by atoms with van der Waals surface area (Å²) < 4.78 is 15.6. The highest BCUT2D eigenvalue weighted by atomic mass is 19.1. The average Bonchev–Trinajstić information content (AvgIpc) is 3.14. The van der Waals surface area contributed by atoms with Crippen molar-refractivity contribution in [3.63, 3.8) is 0 Å². The van der Waals surface area contributed by atoms with Crippen molar-refractivity contribution in [3.05, 3.63) is 96.1 Å². The summed E-state index contributed by atoms with van der Waals surface area (Å²) >= 11 is 0. The standard InChI is InChI=1S/C22H18FN3O/c23-19-6-2-1-5-16(19)13-14-24-22(27)17-9-11-18(12-10-17)26-15-25-20-7-3-4-8-21(20)26/h1-12,15H,13-14H2,(H,24,27). The van der Waals surface area contributed by atoms with E-state index in [-0.39, 0.29) is 11.7 Å². The van der Waals surface area contributed by atoms with Crippen LogP contribution in [-0.2, 0) is 6.42 Å². The van der Waals surface area contributed by atoms with Crippen LogP contribution in [0.25, 0.3) is 16.7 Å². The van der Waals surface area contributed by atoms with Gasteiger partial charge >= 0.3 is 0 Å². The van der Waals surface area contributed by atoms with E-state index in [0.29, 0.717) is 24.1 Å². The first-order valence-corrected chi connectivity index (χ1v) is 8.76. The molecule has 4 rings (SSSR count). The maximum atomic E-state index is 13.6. The number of nitrogens with one attached hydrogen (secondary N) is 1. The lowest BCUT2D eigenvalue weighted by molar-refractivity contribution is 0.0954. The van der Waals surface area contributed by atoms with Gasteiger partial charge in [0.1, 0.15) is 12.1 Å². The minimum Gasteiger partial charge on any atom is -0.352 e. The molecule has 0 bridgehead atoms. The number of amides is 1. The fourth-order valence-corrected chi connectivity index (χ4v) is 3.05. The first-order chi connectivity index (χ1) is 13.2. The number of carbonyl (C=O) groups excluding carboxylic acids is 1. The van der Waals surface area contributed by atoms with Crippen molar-refractivity contribution >= 4 is 16.9 Å². The predicted octanol–water partition coefficient (Wildman–Crippen LogP) is 4.14. The fourth-order valence-electron chi connectivity index (χ4n) is 3.05. The van der Waals surface area contributed by atoms with Gasteiger partial charge in [-0.1, -0.05) is 30.3 Å². The molecule has 0 saturated heterocycles. The molecule has 4 nitrogen and oxygen atoms in total. The van der Waals surface area contributed by atoms with E-state index in [9.17, 15) is 9.18 Å². The van der Waals surface area contributed by atoms with Gasteiger partial charge in [-0.25, -0.2) is 9.37 Å². The lowest BCUT2D eigenvalue weighted by Crippen LogP contribution is -2.25. The van der Waals surface area contributed by atoms with Crippen LogP contribution in [0, 0.1) is 5.82 Å². The Morgan fingerprint density at radius 1 is 0.963 bits per heavy atom. The first-order valence-electron chi connectivity index (χ1n) is 8.76. The first kappa shape index (κ1) is 17.0. The summed E-state index contributed by atoms with van der Waals surface area (Å²) in [5, 5.41) is 2.83. The minimum atomic E-state index is -0.247. The molecule has 1 N–H and O–H groups in total. The van der Waals surface area contributed by atoms with E-state index in [1.807, 2.05) is 41.0 Å². The third kappa shape index (κ3) is 3.58. The molecule has 134 valence electrons. The van der Waals surface area contributed by atoms with Crippen LogP contribution in [0.1, 0.15) is 15.9 Å². The van der Waals surface area contributed by atoms with Gasteiger partial charge in [0.2, 0.25) is 0 Å². The molecule has 0 unspecified atom stereocenters. The van der Waals surface area contributed by atoms with Gasteiger partial charge in [0.15, 0.2) is 0 Å². The number of rotatable bonds is 5. The molecular weight excluding hydrogens is 341 g/mol. The molecule has 1 aromatic heterocycles. The molecule has 0 fully saturated rings. The zero-order valence-corrected chi connectivity index (χ0v) is 14.6. The summed E-state index contributed by atoms with van der Waals surface area (Å²) in [7, 11) is 0. The molecule has 0 atom stereocenters. The van der Waals surface area contributed by atoms with Crippen LogP contribution in [0.2, 0.25) is 0 Å². The fraction of sp³-hybridized carbons (Fsp3) is 0.0909. The summed E-state index contributed by atoms with van der Waals surface area (Å²) in [5.41, 5.74) is 4.04. The second-order valence-electron chi connectivity index (χ2n) is 6.25.